The van der Waals surface area contributed by atoms with Crippen molar-refractivity contribution in [2.24, 2.45) is 5.73 Å². The van der Waals surface area contributed by atoms with Gasteiger partial charge in [0, 0.05) is 24.5 Å². The molecule has 1 aliphatic rings. The van der Waals surface area contributed by atoms with E-state index in [0.717, 1.165) is 23.9 Å². The Balaban J connectivity index is 2.10. The molecule has 2 rings (SSSR count). The fourth-order valence-corrected chi connectivity index (χ4v) is 2.91. The van der Waals surface area contributed by atoms with E-state index in [1.165, 1.54) is 0 Å². The van der Waals surface area contributed by atoms with Crippen LogP contribution in [0, 0.1) is 0 Å². The molecule has 90 valence electrons. The summed E-state index contributed by atoms with van der Waals surface area (Å²) in [4.78, 5) is 6.85. The molecule has 1 aliphatic heterocycles. The molecule has 0 aromatic carbocycles. The van der Waals surface area contributed by atoms with Gasteiger partial charge >= 0.3 is 0 Å². The Bertz CT molecular complexity index is 343. The van der Waals surface area contributed by atoms with Crippen LogP contribution >= 0.6 is 11.3 Å². The van der Waals surface area contributed by atoms with Gasteiger partial charge in [-0.15, -0.1) is 11.3 Å². The van der Waals surface area contributed by atoms with Crippen LogP contribution in [0.3, 0.4) is 0 Å². The largest absolute Gasteiger partial charge is 0.372 e. The summed E-state index contributed by atoms with van der Waals surface area (Å²) in [6.07, 6.45) is 0.540. The average Bonchev–Trinajstić information content (AvgIpc) is 2.64. The number of nitrogens with two attached hydrogens (primary N) is 1. The van der Waals surface area contributed by atoms with Gasteiger partial charge in [-0.3, -0.25) is 0 Å². The van der Waals surface area contributed by atoms with Crippen molar-refractivity contribution in [3.05, 3.63) is 11.1 Å². The maximum Gasteiger partial charge on any atom is 0.185 e. The molecular weight excluding hydrogens is 222 g/mol. The van der Waals surface area contributed by atoms with E-state index in [-0.39, 0.29) is 18.2 Å². The first-order valence-electron chi connectivity index (χ1n) is 5.67. The topological polar surface area (TPSA) is 51.4 Å². The highest BCUT2D eigenvalue weighted by molar-refractivity contribution is 7.13. The van der Waals surface area contributed by atoms with E-state index in [4.69, 9.17) is 10.5 Å². The quantitative estimate of drug-likeness (QED) is 0.857. The van der Waals surface area contributed by atoms with Gasteiger partial charge in [0.05, 0.1) is 17.9 Å². The second-order valence-electron chi connectivity index (χ2n) is 4.51. The molecule has 0 aliphatic carbocycles. The van der Waals surface area contributed by atoms with Gasteiger partial charge in [-0.05, 0) is 20.8 Å². The van der Waals surface area contributed by atoms with Crippen LogP contribution in [-0.4, -0.2) is 30.3 Å². The van der Waals surface area contributed by atoms with E-state index >= 15 is 0 Å². The lowest BCUT2D eigenvalue weighted by Crippen LogP contribution is -2.45. The first kappa shape index (κ1) is 11.8. The standard InChI is InChI=1S/C11H19N3OS/c1-7-4-14(5-8(2)15-7)11-13-10(6-16-11)9(3)12/h6-9H,4-5,12H2,1-3H3/t7-,8+,9?. The van der Waals surface area contributed by atoms with E-state index in [9.17, 15) is 0 Å². The molecule has 5 heteroatoms. The molecular formula is C11H19N3OS. The first-order valence-corrected chi connectivity index (χ1v) is 6.55. The Morgan fingerprint density at radius 1 is 1.50 bits per heavy atom. The molecule has 1 fully saturated rings. The Morgan fingerprint density at radius 2 is 2.12 bits per heavy atom. The summed E-state index contributed by atoms with van der Waals surface area (Å²) >= 11 is 1.67. The van der Waals surface area contributed by atoms with Crippen molar-refractivity contribution in [3.8, 4) is 0 Å². The van der Waals surface area contributed by atoms with Crippen LogP contribution < -0.4 is 10.6 Å². The van der Waals surface area contributed by atoms with Gasteiger partial charge in [0.25, 0.3) is 0 Å². The monoisotopic (exact) mass is 241 g/mol. The molecule has 1 saturated heterocycles. The van der Waals surface area contributed by atoms with Crippen LogP contribution in [0.1, 0.15) is 32.5 Å². The van der Waals surface area contributed by atoms with Gasteiger partial charge < -0.3 is 15.4 Å². The van der Waals surface area contributed by atoms with E-state index in [1.54, 1.807) is 11.3 Å². The number of nitrogens with zero attached hydrogens (tertiary/aromatic N) is 2. The van der Waals surface area contributed by atoms with Crippen LogP contribution in [0.15, 0.2) is 5.38 Å². The van der Waals surface area contributed by atoms with Crippen LogP contribution in [0.5, 0.6) is 0 Å². The molecule has 0 amide bonds. The number of hydrogen-bond donors (Lipinski definition) is 1. The van der Waals surface area contributed by atoms with E-state index in [1.807, 2.05) is 12.3 Å². The fourth-order valence-electron chi connectivity index (χ4n) is 1.96. The Morgan fingerprint density at radius 3 is 2.62 bits per heavy atom. The van der Waals surface area contributed by atoms with Crippen LogP contribution in [0.25, 0.3) is 0 Å². The highest BCUT2D eigenvalue weighted by atomic mass is 32.1. The van der Waals surface area contributed by atoms with Crippen molar-refractivity contribution in [3.63, 3.8) is 0 Å². The highest BCUT2D eigenvalue weighted by Crippen LogP contribution is 2.26. The zero-order valence-corrected chi connectivity index (χ0v) is 10.8. The van der Waals surface area contributed by atoms with Crippen molar-refractivity contribution >= 4 is 16.5 Å². The highest BCUT2D eigenvalue weighted by Gasteiger charge is 2.24. The van der Waals surface area contributed by atoms with Gasteiger partial charge in [-0.1, -0.05) is 0 Å². The molecule has 4 nitrogen and oxygen atoms in total. The van der Waals surface area contributed by atoms with Crippen molar-refractivity contribution in [2.45, 2.75) is 39.0 Å². The second kappa shape index (κ2) is 4.69. The number of rotatable bonds is 2. The summed E-state index contributed by atoms with van der Waals surface area (Å²) in [6, 6.07) is 0.0147. The lowest BCUT2D eigenvalue weighted by atomic mass is 10.2. The third kappa shape index (κ3) is 2.53. The summed E-state index contributed by atoms with van der Waals surface area (Å²) < 4.78 is 5.70. The van der Waals surface area contributed by atoms with Gasteiger partial charge in [0.1, 0.15) is 0 Å². The summed E-state index contributed by atoms with van der Waals surface area (Å²) in [5, 5.41) is 3.11. The molecule has 1 aromatic heterocycles. The van der Waals surface area contributed by atoms with Crippen molar-refractivity contribution in [2.75, 3.05) is 18.0 Å². The second-order valence-corrected chi connectivity index (χ2v) is 5.34. The molecule has 1 unspecified atom stereocenters. The molecule has 0 radical (unpaired) electrons. The molecule has 2 heterocycles. The molecule has 0 saturated carbocycles. The zero-order chi connectivity index (χ0) is 11.7. The third-order valence-corrected chi connectivity index (χ3v) is 3.59. The van der Waals surface area contributed by atoms with Gasteiger partial charge in [0.2, 0.25) is 0 Å². The fraction of sp³-hybridized carbons (Fsp3) is 0.727. The predicted molar refractivity (Wildman–Crippen MR) is 66.9 cm³/mol. The van der Waals surface area contributed by atoms with Gasteiger partial charge in [-0.25, -0.2) is 4.98 Å². The lowest BCUT2D eigenvalue weighted by molar-refractivity contribution is -0.00523. The van der Waals surface area contributed by atoms with Crippen LogP contribution in [0.4, 0.5) is 5.13 Å². The number of hydrogen-bond acceptors (Lipinski definition) is 5. The van der Waals surface area contributed by atoms with Crippen LogP contribution in [0.2, 0.25) is 0 Å². The SMILES string of the molecule is CC(N)c1csc(N2C[C@@H](C)O[C@@H](C)C2)n1. The Kier molecular flexibility index (Phi) is 3.47. The minimum atomic E-state index is 0.0147. The Labute approximate surface area is 100 Å². The normalized spacial score (nSPS) is 28.1. The summed E-state index contributed by atoms with van der Waals surface area (Å²) in [5.41, 5.74) is 6.79. The molecule has 0 bridgehead atoms. The average molecular weight is 241 g/mol. The molecule has 2 N–H and O–H groups in total. The lowest BCUT2D eigenvalue weighted by Gasteiger charge is -2.35. The van der Waals surface area contributed by atoms with Gasteiger partial charge in [-0.2, -0.15) is 0 Å². The number of thiazole rings is 1. The Hall–Kier alpha value is -0.650. The zero-order valence-electron chi connectivity index (χ0n) is 10.0. The van der Waals surface area contributed by atoms with Crippen molar-refractivity contribution in [1.82, 2.24) is 4.98 Å². The van der Waals surface area contributed by atoms with Crippen LogP contribution in [-0.2, 0) is 4.74 Å². The third-order valence-electron chi connectivity index (χ3n) is 2.67. The molecule has 1 aromatic rings. The number of morpholine rings is 1. The molecule has 16 heavy (non-hydrogen) atoms. The number of aromatic nitrogens is 1. The summed E-state index contributed by atoms with van der Waals surface area (Å²) in [6.45, 7) is 7.99. The van der Waals surface area contributed by atoms with E-state index < -0.39 is 0 Å². The molecule has 0 spiro atoms. The predicted octanol–water partition coefficient (Wildman–Crippen LogP) is 1.78. The number of ether oxygens (including phenoxy) is 1. The summed E-state index contributed by atoms with van der Waals surface area (Å²) in [5.74, 6) is 0. The van der Waals surface area contributed by atoms with E-state index in [0.29, 0.717) is 0 Å². The maximum atomic E-state index is 5.81. The van der Waals surface area contributed by atoms with Crippen molar-refractivity contribution < 1.29 is 4.74 Å². The first-order chi connectivity index (χ1) is 7.56. The van der Waals surface area contributed by atoms with E-state index in [2.05, 4.69) is 23.7 Å². The van der Waals surface area contributed by atoms with Gasteiger partial charge in [0.15, 0.2) is 5.13 Å². The van der Waals surface area contributed by atoms with Crippen molar-refractivity contribution in [1.29, 1.82) is 0 Å². The summed E-state index contributed by atoms with van der Waals surface area (Å²) in [7, 11) is 0. The minimum absolute atomic E-state index is 0.0147. The minimum Gasteiger partial charge on any atom is -0.372 e. The molecule has 3 atom stereocenters. The smallest absolute Gasteiger partial charge is 0.185 e. The maximum absolute atomic E-state index is 5.81. The number of anilines is 1.